The standard InChI is InChI=1S/C16H22Cl2N2O/c1-10-5-3-7-13(11(10)2)19-9-15(21)20-14-8-4-6-12(17)16(14)18/h4,6,8,10-11,13,19H,3,5,7,9H2,1-2H3,(H,20,21). The molecule has 1 saturated carbocycles. The first-order valence-electron chi connectivity index (χ1n) is 7.46. The molecular weight excluding hydrogens is 307 g/mol. The lowest BCUT2D eigenvalue weighted by molar-refractivity contribution is -0.115. The van der Waals surface area contributed by atoms with Crippen molar-refractivity contribution in [3.63, 3.8) is 0 Å². The summed E-state index contributed by atoms with van der Waals surface area (Å²) in [6.45, 7) is 4.84. The van der Waals surface area contributed by atoms with Gasteiger partial charge in [0.05, 0.1) is 22.3 Å². The normalized spacial score (nSPS) is 25.6. The molecule has 1 aromatic rings. The van der Waals surface area contributed by atoms with Gasteiger partial charge in [0.25, 0.3) is 0 Å². The Morgan fingerprint density at radius 3 is 2.81 bits per heavy atom. The molecule has 1 aromatic carbocycles. The van der Waals surface area contributed by atoms with E-state index >= 15 is 0 Å². The molecule has 1 aliphatic rings. The van der Waals surface area contributed by atoms with E-state index in [1.54, 1.807) is 18.2 Å². The minimum Gasteiger partial charge on any atom is -0.324 e. The molecule has 0 spiro atoms. The fraction of sp³-hybridized carbons (Fsp3) is 0.562. The van der Waals surface area contributed by atoms with E-state index in [1.165, 1.54) is 12.8 Å². The Balaban J connectivity index is 1.86. The van der Waals surface area contributed by atoms with Crippen molar-refractivity contribution in [3.05, 3.63) is 28.2 Å². The van der Waals surface area contributed by atoms with Gasteiger partial charge in [0.1, 0.15) is 0 Å². The highest BCUT2D eigenvalue weighted by Crippen LogP contribution is 2.30. The lowest BCUT2D eigenvalue weighted by atomic mass is 9.78. The predicted octanol–water partition coefficient (Wildman–Crippen LogP) is 4.35. The Labute approximate surface area is 136 Å². The maximum Gasteiger partial charge on any atom is 0.238 e. The van der Waals surface area contributed by atoms with E-state index in [-0.39, 0.29) is 5.91 Å². The first-order valence-corrected chi connectivity index (χ1v) is 8.22. The molecular formula is C16H22Cl2N2O. The molecule has 0 saturated heterocycles. The van der Waals surface area contributed by atoms with Crippen molar-refractivity contribution in [3.8, 4) is 0 Å². The van der Waals surface area contributed by atoms with Crippen LogP contribution in [0.15, 0.2) is 18.2 Å². The summed E-state index contributed by atoms with van der Waals surface area (Å²) < 4.78 is 0. The predicted molar refractivity (Wildman–Crippen MR) is 89.1 cm³/mol. The second-order valence-corrected chi connectivity index (χ2v) is 6.69. The number of nitrogens with one attached hydrogen (secondary N) is 2. The van der Waals surface area contributed by atoms with E-state index in [2.05, 4.69) is 24.5 Å². The minimum atomic E-state index is -0.0930. The minimum absolute atomic E-state index is 0.0930. The summed E-state index contributed by atoms with van der Waals surface area (Å²) >= 11 is 12.0. The highest BCUT2D eigenvalue weighted by atomic mass is 35.5. The summed E-state index contributed by atoms with van der Waals surface area (Å²) in [6, 6.07) is 5.62. The van der Waals surface area contributed by atoms with Gasteiger partial charge in [0, 0.05) is 6.04 Å². The highest BCUT2D eigenvalue weighted by molar-refractivity contribution is 6.43. The summed E-state index contributed by atoms with van der Waals surface area (Å²) in [5, 5.41) is 6.99. The van der Waals surface area contributed by atoms with Crippen LogP contribution in [0.25, 0.3) is 0 Å². The molecule has 1 amide bonds. The third-order valence-electron chi connectivity index (χ3n) is 4.46. The molecule has 3 nitrogen and oxygen atoms in total. The van der Waals surface area contributed by atoms with Gasteiger partial charge in [-0.25, -0.2) is 0 Å². The Hall–Kier alpha value is -0.770. The van der Waals surface area contributed by atoms with Crippen LogP contribution >= 0.6 is 23.2 Å². The van der Waals surface area contributed by atoms with Gasteiger partial charge >= 0.3 is 0 Å². The van der Waals surface area contributed by atoms with Crippen molar-refractivity contribution in [2.45, 2.75) is 39.2 Å². The number of rotatable bonds is 4. The third-order valence-corrected chi connectivity index (χ3v) is 5.28. The zero-order valence-electron chi connectivity index (χ0n) is 12.5. The summed E-state index contributed by atoms with van der Waals surface area (Å²) in [5.41, 5.74) is 0.557. The van der Waals surface area contributed by atoms with Crippen molar-refractivity contribution in [2.75, 3.05) is 11.9 Å². The average Bonchev–Trinajstić information content (AvgIpc) is 2.45. The number of halogens is 2. The van der Waals surface area contributed by atoms with Gasteiger partial charge in [0.2, 0.25) is 5.91 Å². The largest absolute Gasteiger partial charge is 0.324 e. The van der Waals surface area contributed by atoms with E-state index in [9.17, 15) is 4.79 Å². The van der Waals surface area contributed by atoms with Crippen molar-refractivity contribution < 1.29 is 4.79 Å². The smallest absolute Gasteiger partial charge is 0.238 e. The molecule has 2 rings (SSSR count). The number of amides is 1. The average molecular weight is 329 g/mol. The molecule has 21 heavy (non-hydrogen) atoms. The number of carbonyl (C=O) groups excluding carboxylic acids is 1. The van der Waals surface area contributed by atoms with Crippen LogP contribution in [0.3, 0.4) is 0 Å². The van der Waals surface area contributed by atoms with Crippen molar-refractivity contribution in [1.29, 1.82) is 0 Å². The second kappa shape index (κ2) is 7.48. The molecule has 0 aliphatic heterocycles. The van der Waals surface area contributed by atoms with Gasteiger partial charge in [-0.3, -0.25) is 4.79 Å². The van der Waals surface area contributed by atoms with Crippen LogP contribution in [0.2, 0.25) is 10.0 Å². The summed E-state index contributed by atoms with van der Waals surface area (Å²) in [6.07, 6.45) is 3.64. The van der Waals surface area contributed by atoms with Crippen LogP contribution in [0.4, 0.5) is 5.69 Å². The quantitative estimate of drug-likeness (QED) is 0.862. The SMILES string of the molecule is CC1CCCC(NCC(=O)Nc2cccc(Cl)c2Cl)C1C. The van der Waals surface area contributed by atoms with Gasteiger partial charge in [-0.1, -0.05) is 56.0 Å². The summed E-state index contributed by atoms with van der Waals surface area (Å²) in [5.74, 6) is 1.22. The molecule has 0 radical (unpaired) electrons. The molecule has 0 heterocycles. The number of hydrogen-bond donors (Lipinski definition) is 2. The van der Waals surface area contributed by atoms with E-state index in [0.29, 0.717) is 40.2 Å². The monoisotopic (exact) mass is 328 g/mol. The molecule has 0 bridgehead atoms. The van der Waals surface area contributed by atoms with Crippen LogP contribution in [-0.4, -0.2) is 18.5 Å². The molecule has 3 atom stereocenters. The topological polar surface area (TPSA) is 41.1 Å². The van der Waals surface area contributed by atoms with E-state index in [1.807, 2.05) is 0 Å². The van der Waals surface area contributed by atoms with Gasteiger partial charge < -0.3 is 10.6 Å². The first kappa shape index (κ1) is 16.6. The molecule has 1 aliphatic carbocycles. The Morgan fingerprint density at radius 2 is 2.05 bits per heavy atom. The van der Waals surface area contributed by atoms with Gasteiger partial charge in [-0.15, -0.1) is 0 Å². The summed E-state index contributed by atoms with van der Waals surface area (Å²) in [7, 11) is 0. The van der Waals surface area contributed by atoms with E-state index < -0.39 is 0 Å². The summed E-state index contributed by atoms with van der Waals surface area (Å²) in [4.78, 5) is 12.0. The molecule has 3 unspecified atom stereocenters. The van der Waals surface area contributed by atoms with Gasteiger partial charge in [-0.2, -0.15) is 0 Å². The van der Waals surface area contributed by atoms with Crippen LogP contribution in [0.1, 0.15) is 33.1 Å². The van der Waals surface area contributed by atoms with Crippen LogP contribution in [0, 0.1) is 11.8 Å². The van der Waals surface area contributed by atoms with Crippen molar-refractivity contribution in [1.82, 2.24) is 5.32 Å². The lowest BCUT2D eigenvalue weighted by Gasteiger charge is -2.34. The molecule has 116 valence electrons. The van der Waals surface area contributed by atoms with Crippen LogP contribution < -0.4 is 10.6 Å². The maximum atomic E-state index is 12.0. The van der Waals surface area contributed by atoms with Gasteiger partial charge in [0.15, 0.2) is 0 Å². The Bertz CT molecular complexity index is 507. The van der Waals surface area contributed by atoms with Crippen molar-refractivity contribution >= 4 is 34.8 Å². The number of carbonyl (C=O) groups is 1. The Kier molecular flexibility index (Phi) is 5.91. The van der Waals surface area contributed by atoms with Crippen LogP contribution in [-0.2, 0) is 4.79 Å². The second-order valence-electron chi connectivity index (χ2n) is 5.90. The third kappa shape index (κ3) is 4.35. The van der Waals surface area contributed by atoms with Crippen molar-refractivity contribution in [2.24, 2.45) is 11.8 Å². The number of anilines is 1. The zero-order chi connectivity index (χ0) is 15.4. The fourth-order valence-corrected chi connectivity index (χ4v) is 3.24. The number of benzene rings is 1. The fourth-order valence-electron chi connectivity index (χ4n) is 2.89. The van der Waals surface area contributed by atoms with Gasteiger partial charge in [-0.05, 0) is 30.4 Å². The molecule has 2 N–H and O–H groups in total. The first-order chi connectivity index (χ1) is 9.99. The Morgan fingerprint density at radius 1 is 1.29 bits per heavy atom. The number of hydrogen-bond acceptors (Lipinski definition) is 2. The molecule has 0 aromatic heterocycles. The molecule has 5 heteroatoms. The molecule has 1 fully saturated rings. The van der Waals surface area contributed by atoms with Crippen LogP contribution in [0.5, 0.6) is 0 Å². The maximum absolute atomic E-state index is 12.0. The van der Waals surface area contributed by atoms with E-state index in [0.717, 1.165) is 6.42 Å². The highest BCUT2D eigenvalue weighted by Gasteiger charge is 2.26. The zero-order valence-corrected chi connectivity index (χ0v) is 14.0. The van der Waals surface area contributed by atoms with E-state index in [4.69, 9.17) is 23.2 Å². The lowest BCUT2D eigenvalue weighted by Crippen LogP contribution is -2.43.